The van der Waals surface area contributed by atoms with Crippen LogP contribution in [0.4, 0.5) is 10.1 Å². The van der Waals surface area contributed by atoms with E-state index in [1.807, 2.05) is 0 Å². The van der Waals surface area contributed by atoms with Crippen LogP contribution in [0.2, 0.25) is 0 Å². The first-order valence-electron chi connectivity index (χ1n) is 5.71. The van der Waals surface area contributed by atoms with Crippen LogP contribution in [0.15, 0.2) is 46.2 Å². The number of carbonyl (C=O) groups excluding carboxylic acids is 1. The Morgan fingerprint density at radius 1 is 1.15 bits per heavy atom. The molecule has 2 N–H and O–H groups in total. The molecule has 0 aliphatic carbocycles. The first kappa shape index (κ1) is 12.7. The first-order chi connectivity index (χ1) is 9.54. The molecule has 1 aliphatic rings. The molecule has 0 fully saturated rings. The van der Waals surface area contributed by atoms with E-state index >= 15 is 0 Å². The highest BCUT2D eigenvalue weighted by Gasteiger charge is 2.21. The zero-order valence-electron chi connectivity index (χ0n) is 10.0. The average Bonchev–Trinajstić information content (AvgIpc) is 2.54. The highest BCUT2D eigenvalue weighted by atomic mass is 32.2. The molecule has 0 atom stereocenters. The van der Waals surface area contributed by atoms with Crippen LogP contribution in [-0.2, 0) is 0 Å². The minimum absolute atomic E-state index is 0.0850. The van der Waals surface area contributed by atoms with E-state index in [-0.39, 0.29) is 11.1 Å². The number of rotatable bonds is 1. The second-order valence-corrected chi connectivity index (χ2v) is 5.30. The van der Waals surface area contributed by atoms with Crippen molar-refractivity contribution in [2.45, 2.75) is 9.79 Å². The number of carboxylic acid groups (broad SMARTS) is 1. The molecule has 0 saturated carbocycles. The van der Waals surface area contributed by atoms with Gasteiger partial charge < -0.3 is 10.4 Å². The third-order valence-electron chi connectivity index (χ3n) is 2.88. The largest absolute Gasteiger partial charge is 0.478 e. The Balaban J connectivity index is 2.11. The minimum Gasteiger partial charge on any atom is -0.478 e. The highest BCUT2D eigenvalue weighted by Crippen LogP contribution is 2.39. The van der Waals surface area contributed by atoms with Crippen LogP contribution in [0.1, 0.15) is 20.7 Å². The SMILES string of the molecule is O=C(O)c1ccc2c(c1)NC(=O)c1cc(F)ccc1S2. The molecule has 2 aromatic carbocycles. The molecule has 1 aliphatic heterocycles. The van der Waals surface area contributed by atoms with E-state index in [0.29, 0.717) is 15.5 Å². The summed E-state index contributed by atoms with van der Waals surface area (Å²) in [5, 5.41) is 11.6. The van der Waals surface area contributed by atoms with Gasteiger partial charge in [0.25, 0.3) is 5.91 Å². The summed E-state index contributed by atoms with van der Waals surface area (Å²) in [6.45, 7) is 0. The summed E-state index contributed by atoms with van der Waals surface area (Å²) in [5.41, 5.74) is 0.737. The monoisotopic (exact) mass is 289 g/mol. The van der Waals surface area contributed by atoms with Gasteiger partial charge >= 0.3 is 5.97 Å². The Morgan fingerprint density at radius 3 is 2.65 bits per heavy atom. The number of carbonyl (C=O) groups is 2. The fourth-order valence-electron chi connectivity index (χ4n) is 1.93. The van der Waals surface area contributed by atoms with Crippen molar-refractivity contribution in [1.29, 1.82) is 0 Å². The van der Waals surface area contributed by atoms with Crippen molar-refractivity contribution in [2.75, 3.05) is 5.32 Å². The summed E-state index contributed by atoms with van der Waals surface area (Å²) < 4.78 is 13.2. The number of hydrogen-bond acceptors (Lipinski definition) is 3. The first-order valence-corrected chi connectivity index (χ1v) is 6.52. The third-order valence-corrected chi connectivity index (χ3v) is 4.03. The molecule has 0 radical (unpaired) electrons. The lowest BCUT2D eigenvalue weighted by molar-refractivity contribution is 0.0696. The van der Waals surface area contributed by atoms with Crippen LogP contribution in [0, 0.1) is 5.82 Å². The molecule has 100 valence electrons. The molecule has 0 saturated heterocycles. The Bertz CT molecular complexity index is 745. The average molecular weight is 289 g/mol. The molecule has 1 amide bonds. The van der Waals surface area contributed by atoms with Gasteiger partial charge in [0.05, 0.1) is 16.8 Å². The van der Waals surface area contributed by atoms with E-state index in [4.69, 9.17) is 5.11 Å². The smallest absolute Gasteiger partial charge is 0.335 e. The fourth-order valence-corrected chi connectivity index (χ4v) is 2.92. The summed E-state index contributed by atoms with van der Waals surface area (Å²) >= 11 is 1.29. The molecule has 0 bridgehead atoms. The quantitative estimate of drug-likeness (QED) is 0.845. The fraction of sp³-hybridized carbons (Fsp3) is 0. The normalized spacial score (nSPS) is 12.9. The Kier molecular flexibility index (Phi) is 2.94. The van der Waals surface area contributed by atoms with E-state index in [2.05, 4.69) is 5.32 Å². The molecule has 20 heavy (non-hydrogen) atoms. The number of halogens is 1. The third kappa shape index (κ3) is 2.14. The number of benzene rings is 2. The molecule has 0 spiro atoms. The molecule has 3 rings (SSSR count). The topological polar surface area (TPSA) is 66.4 Å². The molecular weight excluding hydrogens is 281 g/mol. The molecule has 0 aromatic heterocycles. The molecule has 6 heteroatoms. The van der Waals surface area contributed by atoms with Gasteiger partial charge in [-0.2, -0.15) is 0 Å². The van der Waals surface area contributed by atoms with Crippen molar-refractivity contribution in [3.8, 4) is 0 Å². The standard InChI is InChI=1S/C14H8FNO3S/c15-8-2-4-11-9(6-8)13(17)16-10-5-7(14(18)19)1-3-12(10)20-11/h1-6H,(H,16,17)(H,18,19). The van der Waals surface area contributed by atoms with Gasteiger partial charge in [-0.05, 0) is 36.4 Å². The number of fused-ring (bicyclic) bond motifs is 2. The van der Waals surface area contributed by atoms with E-state index in [0.717, 1.165) is 0 Å². The Hall–Kier alpha value is -2.34. The van der Waals surface area contributed by atoms with Crippen molar-refractivity contribution in [3.63, 3.8) is 0 Å². The summed E-state index contributed by atoms with van der Waals surface area (Å²) in [6.07, 6.45) is 0. The molecule has 2 aromatic rings. The lowest BCUT2D eigenvalue weighted by Crippen LogP contribution is -2.12. The van der Waals surface area contributed by atoms with Gasteiger partial charge in [-0.1, -0.05) is 11.8 Å². The van der Waals surface area contributed by atoms with Gasteiger partial charge in [-0.25, -0.2) is 9.18 Å². The van der Waals surface area contributed by atoms with E-state index < -0.39 is 17.7 Å². The number of carboxylic acids is 1. The summed E-state index contributed by atoms with van der Waals surface area (Å²) in [6, 6.07) is 8.48. The van der Waals surface area contributed by atoms with E-state index in [9.17, 15) is 14.0 Å². The maximum absolute atomic E-state index is 13.2. The van der Waals surface area contributed by atoms with Crippen LogP contribution in [0.3, 0.4) is 0 Å². The lowest BCUT2D eigenvalue weighted by Gasteiger charge is -2.06. The van der Waals surface area contributed by atoms with Gasteiger partial charge in [-0.15, -0.1) is 0 Å². The van der Waals surface area contributed by atoms with Gasteiger partial charge in [-0.3, -0.25) is 4.79 Å². The predicted octanol–water partition coefficient (Wildman–Crippen LogP) is 3.24. The number of aromatic carboxylic acids is 1. The van der Waals surface area contributed by atoms with Gasteiger partial charge in [0, 0.05) is 9.79 Å². The van der Waals surface area contributed by atoms with Crippen LogP contribution in [0.25, 0.3) is 0 Å². The maximum atomic E-state index is 13.2. The van der Waals surface area contributed by atoms with Crippen LogP contribution < -0.4 is 5.32 Å². The van der Waals surface area contributed by atoms with Crippen molar-refractivity contribution < 1.29 is 19.1 Å². The molecule has 0 unspecified atom stereocenters. The lowest BCUT2D eigenvalue weighted by atomic mass is 10.1. The summed E-state index contributed by atoms with van der Waals surface area (Å²) in [4.78, 5) is 24.4. The van der Waals surface area contributed by atoms with Crippen molar-refractivity contribution in [2.24, 2.45) is 0 Å². The number of nitrogens with one attached hydrogen (secondary N) is 1. The van der Waals surface area contributed by atoms with Gasteiger partial charge in [0.1, 0.15) is 5.82 Å². The molecular formula is C14H8FNO3S. The Labute approximate surface area is 117 Å². The van der Waals surface area contributed by atoms with Crippen LogP contribution in [0.5, 0.6) is 0 Å². The summed E-state index contributed by atoms with van der Waals surface area (Å²) in [7, 11) is 0. The van der Waals surface area contributed by atoms with Crippen molar-refractivity contribution in [3.05, 3.63) is 53.3 Å². The zero-order valence-corrected chi connectivity index (χ0v) is 10.8. The Morgan fingerprint density at radius 2 is 1.90 bits per heavy atom. The highest BCUT2D eigenvalue weighted by molar-refractivity contribution is 7.99. The van der Waals surface area contributed by atoms with Gasteiger partial charge in [0.2, 0.25) is 0 Å². The maximum Gasteiger partial charge on any atom is 0.335 e. The summed E-state index contributed by atoms with van der Waals surface area (Å²) in [5.74, 6) is -2.01. The minimum atomic E-state index is -1.07. The van der Waals surface area contributed by atoms with E-state index in [1.54, 1.807) is 6.07 Å². The number of hydrogen-bond donors (Lipinski definition) is 2. The predicted molar refractivity (Wildman–Crippen MR) is 71.9 cm³/mol. The second-order valence-electron chi connectivity index (χ2n) is 4.21. The van der Waals surface area contributed by atoms with Crippen molar-refractivity contribution >= 4 is 29.3 Å². The molecule has 1 heterocycles. The van der Waals surface area contributed by atoms with Crippen LogP contribution >= 0.6 is 11.8 Å². The number of anilines is 1. The zero-order chi connectivity index (χ0) is 14.3. The molecule has 4 nitrogen and oxygen atoms in total. The number of amides is 1. The second kappa shape index (κ2) is 4.64. The van der Waals surface area contributed by atoms with Crippen LogP contribution in [-0.4, -0.2) is 17.0 Å². The van der Waals surface area contributed by atoms with E-state index in [1.165, 1.54) is 42.1 Å². The van der Waals surface area contributed by atoms with Crippen molar-refractivity contribution in [1.82, 2.24) is 0 Å². The van der Waals surface area contributed by atoms with Gasteiger partial charge in [0.15, 0.2) is 0 Å².